The molecular formula is C8H14N2OS. The van der Waals surface area contributed by atoms with Crippen molar-refractivity contribution in [3.63, 3.8) is 0 Å². The number of hydrogen-bond donors (Lipinski definition) is 1. The van der Waals surface area contributed by atoms with Gasteiger partial charge in [0.2, 0.25) is 0 Å². The van der Waals surface area contributed by atoms with Crippen LogP contribution < -0.4 is 0 Å². The van der Waals surface area contributed by atoms with Crippen LogP contribution in [-0.4, -0.2) is 28.5 Å². The van der Waals surface area contributed by atoms with Gasteiger partial charge in [-0.15, -0.1) is 0 Å². The van der Waals surface area contributed by atoms with Crippen LogP contribution in [-0.2, 0) is 11.3 Å². The monoisotopic (exact) mass is 186 g/mol. The second-order valence-corrected chi connectivity index (χ2v) is 2.95. The van der Waals surface area contributed by atoms with Gasteiger partial charge in [-0.25, -0.2) is 4.98 Å². The molecule has 0 amide bonds. The Balaban J connectivity index is 2.20. The predicted octanol–water partition coefficient (Wildman–Crippen LogP) is 1.14. The van der Waals surface area contributed by atoms with Gasteiger partial charge in [0.25, 0.3) is 0 Å². The summed E-state index contributed by atoms with van der Waals surface area (Å²) < 4.78 is 7.35. The molecule has 0 fully saturated rings. The van der Waals surface area contributed by atoms with Gasteiger partial charge in [-0.05, 0) is 6.92 Å². The van der Waals surface area contributed by atoms with Gasteiger partial charge in [-0.2, -0.15) is 12.6 Å². The molecule has 68 valence electrons. The Kier molecular flexibility index (Phi) is 4.18. The van der Waals surface area contributed by atoms with Gasteiger partial charge < -0.3 is 9.30 Å². The van der Waals surface area contributed by atoms with Crippen LogP contribution in [0.25, 0.3) is 0 Å². The summed E-state index contributed by atoms with van der Waals surface area (Å²) in [5.41, 5.74) is 0. The highest BCUT2D eigenvalue weighted by molar-refractivity contribution is 7.80. The summed E-state index contributed by atoms with van der Waals surface area (Å²) in [6.07, 6.45) is 3.76. The molecule has 0 radical (unpaired) electrons. The third-order valence-electron chi connectivity index (χ3n) is 1.64. The number of imidazole rings is 1. The Labute approximate surface area is 78.2 Å². The fourth-order valence-corrected chi connectivity index (χ4v) is 1.10. The molecule has 1 aromatic heterocycles. The fourth-order valence-electron chi connectivity index (χ4n) is 0.970. The van der Waals surface area contributed by atoms with Crippen molar-refractivity contribution in [2.45, 2.75) is 13.5 Å². The van der Waals surface area contributed by atoms with Crippen molar-refractivity contribution < 1.29 is 4.74 Å². The van der Waals surface area contributed by atoms with Gasteiger partial charge >= 0.3 is 0 Å². The molecule has 1 heterocycles. The number of aromatic nitrogens is 2. The first-order valence-corrected chi connectivity index (χ1v) is 4.64. The highest BCUT2D eigenvalue weighted by Crippen LogP contribution is 1.94. The van der Waals surface area contributed by atoms with Crippen LogP contribution in [0, 0.1) is 6.92 Å². The second-order valence-electron chi connectivity index (χ2n) is 2.50. The minimum atomic E-state index is 0.719. The van der Waals surface area contributed by atoms with Gasteiger partial charge in [0.15, 0.2) is 0 Å². The molecule has 0 aliphatic rings. The maximum atomic E-state index is 5.29. The number of hydrogen-bond acceptors (Lipinski definition) is 3. The Hall–Kier alpha value is -0.480. The minimum absolute atomic E-state index is 0.719. The number of nitrogens with zero attached hydrogens (tertiary/aromatic N) is 2. The lowest BCUT2D eigenvalue weighted by Crippen LogP contribution is -2.07. The molecule has 1 rings (SSSR count). The topological polar surface area (TPSA) is 27.1 Å². The van der Waals surface area contributed by atoms with Crippen molar-refractivity contribution in [2.24, 2.45) is 0 Å². The van der Waals surface area contributed by atoms with E-state index in [0.29, 0.717) is 0 Å². The smallest absolute Gasteiger partial charge is 0.105 e. The zero-order chi connectivity index (χ0) is 8.81. The molecule has 4 heteroatoms. The molecule has 0 aliphatic carbocycles. The third-order valence-corrected chi connectivity index (χ3v) is 1.82. The van der Waals surface area contributed by atoms with Gasteiger partial charge in [0.05, 0.1) is 13.2 Å². The van der Waals surface area contributed by atoms with Crippen molar-refractivity contribution in [2.75, 3.05) is 19.0 Å². The van der Waals surface area contributed by atoms with Gasteiger partial charge in [0.1, 0.15) is 5.82 Å². The fraction of sp³-hybridized carbons (Fsp3) is 0.625. The summed E-state index contributed by atoms with van der Waals surface area (Å²) in [5.74, 6) is 1.81. The summed E-state index contributed by atoms with van der Waals surface area (Å²) in [4.78, 5) is 4.11. The normalized spacial score (nSPS) is 10.5. The van der Waals surface area contributed by atoms with Crippen molar-refractivity contribution in [1.82, 2.24) is 9.55 Å². The molecule has 0 atom stereocenters. The van der Waals surface area contributed by atoms with E-state index in [9.17, 15) is 0 Å². The van der Waals surface area contributed by atoms with E-state index in [0.717, 1.165) is 31.3 Å². The average Bonchev–Trinajstić information content (AvgIpc) is 2.46. The SMILES string of the molecule is Cc1nccn1CCOCCS. The molecule has 0 spiro atoms. The quantitative estimate of drug-likeness (QED) is 0.551. The maximum Gasteiger partial charge on any atom is 0.105 e. The lowest BCUT2D eigenvalue weighted by Gasteiger charge is -2.04. The Morgan fingerprint density at radius 3 is 3.00 bits per heavy atom. The molecule has 3 nitrogen and oxygen atoms in total. The van der Waals surface area contributed by atoms with E-state index in [1.807, 2.05) is 13.1 Å². The molecule has 0 unspecified atom stereocenters. The molecule has 0 N–H and O–H groups in total. The molecule has 0 bridgehead atoms. The first kappa shape index (κ1) is 9.61. The van der Waals surface area contributed by atoms with Gasteiger partial charge in [-0.1, -0.05) is 0 Å². The lowest BCUT2D eigenvalue weighted by molar-refractivity contribution is 0.141. The van der Waals surface area contributed by atoms with Crippen LogP contribution in [0.4, 0.5) is 0 Å². The van der Waals surface area contributed by atoms with E-state index in [1.54, 1.807) is 6.20 Å². The zero-order valence-corrected chi connectivity index (χ0v) is 8.13. The number of aryl methyl sites for hydroxylation is 1. The van der Waals surface area contributed by atoms with E-state index in [-0.39, 0.29) is 0 Å². The van der Waals surface area contributed by atoms with Crippen molar-refractivity contribution in [3.8, 4) is 0 Å². The highest BCUT2D eigenvalue weighted by Gasteiger charge is 1.94. The zero-order valence-electron chi connectivity index (χ0n) is 7.23. The van der Waals surface area contributed by atoms with Crippen LogP contribution in [0.3, 0.4) is 0 Å². The van der Waals surface area contributed by atoms with Crippen LogP contribution in [0.1, 0.15) is 5.82 Å². The first-order valence-electron chi connectivity index (χ1n) is 4.01. The average molecular weight is 186 g/mol. The Bertz CT molecular complexity index is 225. The Morgan fingerprint density at radius 1 is 1.58 bits per heavy atom. The standard InChI is InChI=1S/C8H14N2OS/c1-8-9-2-3-10(8)4-5-11-6-7-12/h2-3,12H,4-7H2,1H3. The summed E-state index contributed by atoms with van der Waals surface area (Å²) in [6.45, 7) is 4.31. The molecule has 12 heavy (non-hydrogen) atoms. The molecule has 0 aromatic carbocycles. The number of ether oxygens (including phenoxy) is 1. The van der Waals surface area contributed by atoms with Gasteiger partial charge in [0, 0.05) is 24.7 Å². The molecule has 0 saturated carbocycles. The minimum Gasteiger partial charge on any atom is -0.379 e. The highest BCUT2D eigenvalue weighted by atomic mass is 32.1. The molecule has 0 saturated heterocycles. The molecular weight excluding hydrogens is 172 g/mol. The second kappa shape index (κ2) is 5.22. The Morgan fingerprint density at radius 2 is 2.42 bits per heavy atom. The lowest BCUT2D eigenvalue weighted by atomic mass is 10.6. The third kappa shape index (κ3) is 2.87. The van der Waals surface area contributed by atoms with E-state index in [4.69, 9.17) is 4.74 Å². The predicted molar refractivity (Wildman–Crippen MR) is 51.6 cm³/mol. The van der Waals surface area contributed by atoms with Crippen molar-refractivity contribution in [1.29, 1.82) is 0 Å². The molecule has 0 aliphatic heterocycles. The first-order chi connectivity index (χ1) is 5.84. The van der Waals surface area contributed by atoms with Gasteiger partial charge in [-0.3, -0.25) is 0 Å². The maximum absolute atomic E-state index is 5.29. The van der Waals surface area contributed by atoms with Crippen LogP contribution >= 0.6 is 12.6 Å². The van der Waals surface area contributed by atoms with E-state index < -0.39 is 0 Å². The van der Waals surface area contributed by atoms with E-state index in [1.165, 1.54) is 0 Å². The van der Waals surface area contributed by atoms with E-state index >= 15 is 0 Å². The largest absolute Gasteiger partial charge is 0.379 e. The van der Waals surface area contributed by atoms with Crippen molar-refractivity contribution >= 4 is 12.6 Å². The van der Waals surface area contributed by atoms with E-state index in [2.05, 4.69) is 22.2 Å². The van der Waals surface area contributed by atoms with Crippen LogP contribution in [0.5, 0.6) is 0 Å². The number of thiol groups is 1. The van der Waals surface area contributed by atoms with Crippen LogP contribution in [0.2, 0.25) is 0 Å². The summed E-state index contributed by atoms with van der Waals surface area (Å²) in [5, 5.41) is 0. The number of rotatable bonds is 5. The van der Waals surface area contributed by atoms with Crippen molar-refractivity contribution in [3.05, 3.63) is 18.2 Å². The summed E-state index contributed by atoms with van der Waals surface area (Å²) >= 11 is 4.04. The molecule has 1 aromatic rings. The summed E-state index contributed by atoms with van der Waals surface area (Å²) in [6, 6.07) is 0. The van der Waals surface area contributed by atoms with Crippen LogP contribution in [0.15, 0.2) is 12.4 Å². The summed E-state index contributed by atoms with van der Waals surface area (Å²) in [7, 11) is 0.